The Kier molecular flexibility index (Phi) is 3.61. The Balaban J connectivity index is 2.50. The van der Waals surface area contributed by atoms with Crippen LogP contribution in [0, 0.1) is 5.82 Å². The summed E-state index contributed by atoms with van der Waals surface area (Å²) in [7, 11) is 0. The van der Waals surface area contributed by atoms with E-state index in [0.717, 1.165) is 12.1 Å². The third-order valence-electron chi connectivity index (χ3n) is 2.53. The lowest BCUT2D eigenvalue weighted by Gasteiger charge is -2.03. The number of carboxylic acid groups (broad SMARTS) is 1. The zero-order valence-electron chi connectivity index (χ0n) is 9.88. The molecule has 0 unspecified atom stereocenters. The Hall–Kier alpha value is -2.62. The maximum atomic E-state index is 13.1. The molecule has 0 aliphatic rings. The smallest absolute Gasteiger partial charge is 0.336 e. The molecule has 2 aromatic rings. The molecule has 0 atom stereocenters. The number of halogens is 1. The lowest BCUT2D eigenvalue weighted by atomic mass is 10.0. The van der Waals surface area contributed by atoms with E-state index >= 15 is 0 Å². The van der Waals surface area contributed by atoms with Crippen LogP contribution in [0.15, 0.2) is 48.5 Å². The number of hydrogen-bond donors (Lipinski definition) is 2. The van der Waals surface area contributed by atoms with Crippen LogP contribution in [-0.2, 0) is 4.79 Å². The fourth-order valence-corrected chi connectivity index (χ4v) is 1.73. The third kappa shape index (κ3) is 3.19. The minimum Gasteiger partial charge on any atom is -0.508 e. The van der Waals surface area contributed by atoms with Crippen LogP contribution in [0.3, 0.4) is 0 Å². The molecule has 0 radical (unpaired) electrons. The zero-order chi connectivity index (χ0) is 13.8. The summed E-state index contributed by atoms with van der Waals surface area (Å²) < 4.78 is 13.1. The zero-order valence-corrected chi connectivity index (χ0v) is 9.88. The maximum absolute atomic E-state index is 13.1. The second-order valence-electron chi connectivity index (χ2n) is 3.97. The summed E-state index contributed by atoms with van der Waals surface area (Å²) in [5, 5.41) is 18.5. The van der Waals surface area contributed by atoms with Crippen molar-refractivity contribution in [2.75, 3.05) is 0 Å². The van der Waals surface area contributed by atoms with Crippen molar-refractivity contribution in [3.63, 3.8) is 0 Å². The number of phenolic OH excluding ortho intramolecular Hbond substituents is 1. The number of carboxylic acids is 1. The highest BCUT2D eigenvalue weighted by Gasteiger charge is 2.10. The summed E-state index contributed by atoms with van der Waals surface area (Å²) in [5.74, 6) is -1.98. The first-order chi connectivity index (χ1) is 9.06. The maximum Gasteiger partial charge on any atom is 0.336 e. The number of benzene rings is 2. The van der Waals surface area contributed by atoms with Crippen LogP contribution >= 0.6 is 0 Å². The molecule has 0 bridgehead atoms. The van der Waals surface area contributed by atoms with Crippen molar-refractivity contribution in [3.05, 3.63) is 65.5 Å². The molecule has 0 fully saturated rings. The van der Waals surface area contributed by atoms with Crippen LogP contribution in [0.1, 0.15) is 11.1 Å². The third-order valence-corrected chi connectivity index (χ3v) is 2.53. The Bertz CT molecular complexity index is 613. The van der Waals surface area contributed by atoms with Gasteiger partial charge < -0.3 is 10.2 Å². The average Bonchev–Trinajstić information content (AvgIpc) is 2.35. The molecule has 0 saturated heterocycles. The van der Waals surface area contributed by atoms with E-state index in [2.05, 4.69) is 0 Å². The van der Waals surface area contributed by atoms with Gasteiger partial charge in [0, 0.05) is 6.07 Å². The van der Waals surface area contributed by atoms with Crippen LogP contribution in [0.2, 0.25) is 0 Å². The summed E-state index contributed by atoms with van der Waals surface area (Å²) in [5.41, 5.74) is 0.836. The molecule has 96 valence electrons. The van der Waals surface area contributed by atoms with Crippen LogP contribution in [0.4, 0.5) is 4.39 Å². The minimum absolute atomic E-state index is 0.0330. The van der Waals surface area contributed by atoms with Gasteiger partial charge in [-0.25, -0.2) is 9.18 Å². The van der Waals surface area contributed by atoms with Crippen LogP contribution in [-0.4, -0.2) is 16.2 Å². The predicted octanol–water partition coefficient (Wildman–Crippen LogP) is 3.16. The molecular weight excluding hydrogens is 247 g/mol. The number of carbonyl (C=O) groups is 1. The first kappa shape index (κ1) is 12.8. The molecule has 0 amide bonds. The second-order valence-corrected chi connectivity index (χ2v) is 3.97. The molecule has 0 heterocycles. The fraction of sp³-hybridized carbons (Fsp3) is 0. The highest BCUT2D eigenvalue weighted by atomic mass is 19.1. The molecular formula is C15H11FO3. The van der Waals surface area contributed by atoms with Crippen molar-refractivity contribution in [1.29, 1.82) is 0 Å². The molecule has 0 aromatic heterocycles. The summed E-state index contributed by atoms with van der Waals surface area (Å²) in [6.07, 6.45) is 1.32. The number of aromatic hydroxyl groups is 1. The number of rotatable bonds is 3. The van der Waals surface area contributed by atoms with Gasteiger partial charge >= 0.3 is 5.97 Å². The molecule has 2 aromatic carbocycles. The van der Waals surface area contributed by atoms with Crippen LogP contribution < -0.4 is 0 Å². The highest BCUT2D eigenvalue weighted by molar-refractivity contribution is 6.20. The molecule has 0 saturated carbocycles. The normalized spacial score (nSPS) is 11.3. The fourth-order valence-electron chi connectivity index (χ4n) is 1.73. The quantitative estimate of drug-likeness (QED) is 0.656. The van der Waals surface area contributed by atoms with E-state index in [1.165, 1.54) is 12.1 Å². The number of aliphatic carboxylic acids is 1. The van der Waals surface area contributed by atoms with Crippen LogP contribution in [0.25, 0.3) is 11.6 Å². The summed E-state index contributed by atoms with van der Waals surface area (Å²) in [6, 6.07) is 11.9. The van der Waals surface area contributed by atoms with Gasteiger partial charge in [0.2, 0.25) is 0 Å². The van der Waals surface area contributed by atoms with Gasteiger partial charge in [-0.2, -0.15) is 0 Å². The molecule has 4 heteroatoms. The van der Waals surface area contributed by atoms with Crippen molar-refractivity contribution in [3.8, 4) is 5.75 Å². The van der Waals surface area contributed by atoms with Crippen LogP contribution in [0.5, 0.6) is 5.75 Å². The Morgan fingerprint density at radius 3 is 2.37 bits per heavy atom. The van der Waals surface area contributed by atoms with E-state index in [4.69, 9.17) is 0 Å². The van der Waals surface area contributed by atoms with E-state index in [-0.39, 0.29) is 11.3 Å². The molecule has 0 spiro atoms. The molecule has 0 aliphatic carbocycles. The SMILES string of the molecule is O=C(O)/C(=C/c1cc(O)cc(F)c1)c1ccccc1. The van der Waals surface area contributed by atoms with Crippen molar-refractivity contribution >= 4 is 17.6 Å². The van der Waals surface area contributed by atoms with Gasteiger partial charge in [-0.1, -0.05) is 30.3 Å². The van der Waals surface area contributed by atoms with E-state index in [0.29, 0.717) is 11.1 Å². The monoisotopic (exact) mass is 258 g/mol. The predicted molar refractivity (Wildman–Crippen MR) is 70.0 cm³/mol. The van der Waals surface area contributed by atoms with Gasteiger partial charge in [0.1, 0.15) is 11.6 Å². The van der Waals surface area contributed by atoms with E-state index < -0.39 is 11.8 Å². The largest absolute Gasteiger partial charge is 0.508 e. The van der Waals surface area contributed by atoms with Crippen molar-refractivity contribution < 1.29 is 19.4 Å². The molecule has 0 aliphatic heterocycles. The number of phenols is 1. The summed E-state index contributed by atoms with van der Waals surface area (Å²) in [6.45, 7) is 0. The highest BCUT2D eigenvalue weighted by Crippen LogP contribution is 2.21. The Morgan fingerprint density at radius 1 is 1.11 bits per heavy atom. The van der Waals surface area contributed by atoms with Crippen molar-refractivity contribution in [2.45, 2.75) is 0 Å². The molecule has 3 nitrogen and oxygen atoms in total. The minimum atomic E-state index is -1.12. The molecule has 19 heavy (non-hydrogen) atoms. The van der Waals surface area contributed by atoms with Gasteiger partial charge in [-0.15, -0.1) is 0 Å². The first-order valence-corrected chi connectivity index (χ1v) is 5.56. The average molecular weight is 258 g/mol. The van der Waals surface area contributed by atoms with Crippen molar-refractivity contribution in [1.82, 2.24) is 0 Å². The Morgan fingerprint density at radius 2 is 1.79 bits per heavy atom. The Labute approximate surface area is 109 Å². The summed E-state index contributed by atoms with van der Waals surface area (Å²) >= 11 is 0. The molecule has 2 rings (SSSR count). The first-order valence-electron chi connectivity index (χ1n) is 5.56. The van der Waals surface area contributed by atoms with E-state index in [1.54, 1.807) is 30.3 Å². The van der Waals surface area contributed by atoms with Gasteiger partial charge in [0.15, 0.2) is 0 Å². The van der Waals surface area contributed by atoms with Gasteiger partial charge in [0.05, 0.1) is 5.57 Å². The van der Waals surface area contributed by atoms with E-state index in [9.17, 15) is 19.4 Å². The lowest BCUT2D eigenvalue weighted by molar-refractivity contribution is -0.130. The van der Waals surface area contributed by atoms with Gasteiger partial charge in [0.25, 0.3) is 0 Å². The van der Waals surface area contributed by atoms with Gasteiger partial charge in [-0.05, 0) is 29.3 Å². The van der Waals surface area contributed by atoms with E-state index in [1.807, 2.05) is 0 Å². The topological polar surface area (TPSA) is 57.5 Å². The second kappa shape index (κ2) is 5.35. The van der Waals surface area contributed by atoms with Gasteiger partial charge in [-0.3, -0.25) is 0 Å². The molecule has 2 N–H and O–H groups in total. The number of hydrogen-bond acceptors (Lipinski definition) is 2. The standard InChI is InChI=1S/C15H11FO3/c16-12-6-10(7-13(17)9-12)8-14(15(18)19)11-4-2-1-3-5-11/h1-9,17H,(H,18,19)/b14-8+. The summed E-state index contributed by atoms with van der Waals surface area (Å²) in [4.78, 5) is 11.2. The lowest BCUT2D eigenvalue weighted by Crippen LogP contribution is -1.99. The van der Waals surface area contributed by atoms with Crippen molar-refractivity contribution in [2.24, 2.45) is 0 Å².